The highest BCUT2D eigenvalue weighted by Crippen LogP contribution is 2.27. The predicted molar refractivity (Wildman–Crippen MR) is 125 cm³/mol. The normalized spacial score (nSPS) is 17.4. The number of hydrogen-bond acceptors (Lipinski definition) is 4. The average molecular weight is 448 g/mol. The molecule has 5 rings (SSSR count). The molecular weight excluding hydrogens is 421 g/mol. The van der Waals surface area contributed by atoms with Crippen molar-refractivity contribution in [3.63, 3.8) is 0 Å². The summed E-state index contributed by atoms with van der Waals surface area (Å²) in [5.74, 6) is 0.349. The minimum atomic E-state index is -0.677. The van der Waals surface area contributed by atoms with Crippen LogP contribution in [0.3, 0.4) is 0 Å². The summed E-state index contributed by atoms with van der Waals surface area (Å²) in [6.45, 7) is 4.27. The zero-order chi connectivity index (χ0) is 22.5. The van der Waals surface area contributed by atoms with Gasteiger partial charge in [-0.25, -0.2) is 14.4 Å². The summed E-state index contributed by atoms with van der Waals surface area (Å²) >= 11 is 0. The zero-order valence-electron chi connectivity index (χ0n) is 18.0. The fraction of sp³-hybridized carbons (Fsp3) is 0.240. The first-order valence-corrected chi connectivity index (χ1v) is 10.2. The van der Waals surface area contributed by atoms with Gasteiger partial charge < -0.3 is 14.3 Å². The Labute approximate surface area is 190 Å². The topological polar surface area (TPSA) is 77.2 Å². The van der Waals surface area contributed by atoms with Crippen molar-refractivity contribution in [2.24, 2.45) is 4.99 Å². The Kier molecular flexibility index (Phi) is 5.53. The molecule has 0 radical (unpaired) electrons. The van der Waals surface area contributed by atoms with E-state index in [-0.39, 0.29) is 18.8 Å². The van der Waals surface area contributed by atoms with Crippen molar-refractivity contribution < 1.29 is 9.13 Å². The second kappa shape index (κ2) is 8.20. The summed E-state index contributed by atoms with van der Waals surface area (Å²) in [5.41, 5.74) is 3.05. The van der Waals surface area contributed by atoms with Gasteiger partial charge >= 0.3 is 0 Å². The summed E-state index contributed by atoms with van der Waals surface area (Å²) in [6.07, 6.45) is 5.43. The third-order valence-corrected chi connectivity index (χ3v) is 5.89. The fourth-order valence-corrected chi connectivity index (χ4v) is 4.16. The largest absolute Gasteiger partial charge is 0.495 e. The highest BCUT2D eigenvalue weighted by atomic mass is 19.1. The molecule has 2 aromatic carbocycles. The highest BCUT2D eigenvalue weighted by molar-refractivity contribution is 5.58. The lowest BCUT2D eigenvalue weighted by atomic mass is 9.92. The maximum absolute atomic E-state index is 13.4. The van der Waals surface area contributed by atoms with E-state index in [1.807, 2.05) is 42.8 Å². The summed E-state index contributed by atoms with van der Waals surface area (Å²) in [7, 11) is 1.61. The van der Waals surface area contributed by atoms with Gasteiger partial charge in [-0.2, -0.15) is 0 Å². The minimum absolute atomic E-state index is 0. The van der Waals surface area contributed by atoms with Crippen molar-refractivity contribution in [1.29, 1.82) is 0 Å². The number of fused-ring (bicyclic) bond motifs is 1. The third-order valence-electron chi connectivity index (χ3n) is 5.89. The Morgan fingerprint density at radius 3 is 2.64 bits per heavy atom. The van der Waals surface area contributed by atoms with Crippen molar-refractivity contribution >= 4 is 6.08 Å². The van der Waals surface area contributed by atoms with Crippen LogP contribution >= 0.6 is 0 Å². The average Bonchev–Trinajstić information content (AvgIpc) is 3.45. The van der Waals surface area contributed by atoms with Crippen LogP contribution in [0.4, 0.5) is 4.39 Å². The Morgan fingerprint density at radius 1 is 1.21 bits per heavy atom. The van der Waals surface area contributed by atoms with Crippen molar-refractivity contribution in [3.8, 4) is 11.4 Å². The first-order valence-electron chi connectivity index (χ1n) is 10.2. The molecule has 1 atom stereocenters. The SMILES string of the molecule is C.COc1cc(/C=c2\[nH]c3n(c2=O)C(C)(c2ccc(F)cc2)CN=3)ccc1-n1cnc(C)c1. The van der Waals surface area contributed by atoms with Gasteiger partial charge in [0.1, 0.15) is 16.9 Å². The standard InChI is InChI=1S/C24H22FN5O2.CH4/c1-15-12-29(14-27-15)20-9-4-16(11-21(20)32-3)10-19-22(31)30-23(28-19)26-13-24(30,2)17-5-7-18(25)8-6-17;/h4-12,14H,13H2,1-3H3,(H,26,28);1H4/b19-10-;. The number of rotatable bonds is 4. The maximum Gasteiger partial charge on any atom is 0.277 e. The van der Waals surface area contributed by atoms with E-state index in [4.69, 9.17) is 4.74 Å². The van der Waals surface area contributed by atoms with Crippen LogP contribution in [0, 0.1) is 12.7 Å². The number of benzene rings is 2. The molecule has 0 bridgehead atoms. The van der Waals surface area contributed by atoms with E-state index in [0.29, 0.717) is 23.3 Å². The van der Waals surface area contributed by atoms with Gasteiger partial charge in [-0.05, 0) is 55.3 Å². The van der Waals surface area contributed by atoms with Crippen LogP contribution in [0.25, 0.3) is 11.8 Å². The van der Waals surface area contributed by atoms with E-state index in [9.17, 15) is 9.18 Å². The van der Waals surface area contributed by atoms with Crippen LogP contribution in [-0.2, 0) is 5.54 Å². The first kappa shape index (κ1) is 22.3. The molecule has 170 valence electrons. The van der Waals surface area contributed by atoms with Gasteiger partial charge in [0.25, 0.3) is 5.56 Å². The number of aromatic nitrogens is 4. The number of nitrogens with one attached hydrogen (secondary N) is 1. The molecule has 1 unspecified atom stereocenters. The molecule has 7 nitrogen and oxygen atoms in total. The molecule has 8 heteroatoms. The lowest BCUT2D eigenvalue weighted by Crippen LogP contribution is -2.44. The number of hydrogen-bond donors (Lipinski definition) is 1. The van der Waals surface area contributed by atoms with E-state index in [1.54, 1.807) is 36.2 Å². The second-order valence-electron chi connectivity index (χ2n) is 8.10. The van der Waals surface area contributed by atoms with Crippen LogP contribution in [0.2, 0.25) is 0 Å². The van der Waals surface area contributed by atoms with Crippen LogP contribution < -0.4 is 21.3 Å². The molecule has 1 N–H and O–H groups in total. The molecule has 0 saturated heterocycles. The van der Waals surface area contributed by atoms with E-state index in [1.165, 1.54) is 12.1 Å². The van der Waals surface area contributed by atoms with Crippen molar-refractivity contribution in [3.05, 3.63) is 98.9 Å². The zero-order valence-corrected chi connectivity index (χ0v) is 18.0. The Morgan fingerprint density at radius 2 is 1.97 bits per heavy atom. The Balaban J connectivity index is 0.00000259. The molecule has 2 aromatic heterocycles. The van der Waals surface area contributed by atoms with Crippen molar-refractivity contribution in [2.75, 3.05) is 13.7 Å². The third kappa shape index (κ3) is 3.67. The molecule has 0 spiro atoms. The second-order valence-corrected chi connectivity index (χ2v) is 8.10. The van der Waals surface area contributed by atoms with E-state index in [2.05, 4.69) is 15.0 Å². The molecule has 0 saturated carbocycles. The number of aromatic amines is 1. The lowest BCUT2D eigenvalue weighted by molar-refractivity contribution is 0.413. The Hall–Kier alpha value is -3.94. The van der Waals surface area contributed by atoms with Gasteiger partial charge in [0.05, 0.1) is 36.9 Å². The van der Waals surface area contributed by atoms with Crippen LogP contribution in [0.1, 0.15) is 31.2 Å². The fourth-order valence-electron chi connectivity index (χ4n) is 4.16. The van der Waals surface area contributed by atoms with E-state index < -0.39 is 5.54 Å². The number of ether oxygens (including phenoxy) is 1. The first-order chi connectivity index (χ1) is 15.4. The molecule has 0 aliphatic carbocycles. The molecule has 3 heterocycles. The smallest absolute Gasteiger partial charge is 0.277 e. The van der Waals surface area contributed by atoms with Crippen molar-refractivity contribution in [2.45, 2.75) is 26.8 Å². The van der Waals surface area contributed by atoms with Gasteiger partial charge in [-0.15, -0.1) is 0 Å². The van der Waals surface area contributed by atoms with E-state index >= 15 is 0 Å². The molecule has 4 aromatic rings. The van der Waals surface area contributed by atoms with Crippen LogP contribution in [0.15, 0.2) is 64.8 Å². The summed E-state index contributed by atoms with van der Waals surface area (Å²) in [5, 5.41) is 0.421. The van der Waals surface area contributed by atoms with Crippen LogP contribution in [-0.4, -0.2) is 32.8 Å². The predicted octanol–water partition coefficient (Wildman–Crippen LogP) is 2.68. The quantitative estimate of drug-likeness (QED) is 0.523. The number of aryl methyl sites for hydroxylation is 1. The number of imidazole rings is 2. The summed E-state index contributed by atoms with van der Waals surface area (Å²) in [4.78, 5) is 25.2. The van der Waals surface area contributed by atoms with Gasteiger partial charge in [-0.3, -0.25) is 9.36 Å². The monoisotopic (exact) mass is 447 g/mol. The number of nitrogens with zero attached hydrogens (tertiary/aromatic N) is 4. The number of methoxy groups -OCH3 is 1. The summed E-state index contributed by atoms with van der Waals surface area (Å²) < 4.78 is 22.5. The van der Waals surface area contributed by atoms with E-state index in [0.717, 1.165) is 22.5 Å². The molecule has 1 aliphatic rings. The van der Waals surface area contributed by atoms with Gasteiger partial charge in [0.2, 0.25) is 5.62 Å². The summed E-state index contributed by atoms with van der Waals surface area (Å²) in [6, 6.07) is 11.9. The maximum atomic E-state index is 13.4. The number of halogens is 1. The molecule has 33 heavy (non-hydrogen) atoms. The lowest BCUT2D eigenvalue weighted by Gasteiger charge is -2.25. The van der Waals surface area contributed by atoms with Gasteiger partial charge in [-0.1, -0.05) is 25.6 Å². The number of H-pyrrole nitrogens is 1. The highest BCUT2D eigenvalue weighted by Gasteiger charge is 2.35. The van der Waals surface area contributed by atoms with Crippen LogP contribution in [0.5, 0.6) is 5.75 Å². The van der Waals surface area contributed by atoms with Gasteiger partial charge in [0, 0.05) is 6.20 Å². The molecule has 1 aliphatic heterocycles. The van der Waals surface area contributed by atoms with Gasteiger partial charge in [0.15, 0.2) is 0 Å². The minimum Gasteiger partial charge on any atom is -0.495 e. The Bertz CT molecular complexity index is 1500. The molecule has 0 fully saturated rings. The van der Waals surface area contributed by atoms with Crippen molar-refractivity contribution in [1.82, 2.24) is 19.1 Å². The molecule has 0 amide bonds. The molecular formula is C25H26FN5O2.